The molecule has 1 unspecified atom stereocenters. The Balaban J connectivity index is 0.000000345. The fourth-order valence-corrected chi connectivity index (χ4v) is 3.30. The molecule has 1 aliphatic heterocycles. The monoisotopic (exact) mass is 418 g/mol. The van der Waals surface area contributed by atoms with Crippen molar-refractivity contribution in [2.24, 2.45) is 0 Å². The van der Waals surface area contributed by atoms with E-state index >= 15 is 0 Å². The van der Waals surface area contributed by atoms with Crippen LogP contribution in [0.2, 0.25) is 0 Å². The molecule has 0 spiro atoms. The highest BCUT2D eigenvalue weighted by Crippen LogP contribution is 2.21. The summed E-state index contributed by atoms with van der Waals surface area (Å²) < 4.78 is 33.8. The largest absolute Gasteiger partial charge is 0.490 e. The number of fused-ring (bicyclic) bond motifs is 1. The summed E-state index contributed by atoms with van der Waals surface area (Å²) in [4.78, 5) is 23.4. The third-order valence-electron chi connectivity index (χ3n) is 4.16. The van der Waals surface area contributed by atoms with Gasteiger partial charge in [-0.2, -0.15) is 29.6 Å². The fourth-order valence-electron chi connectivity index (χ4n) is 2.67. The predicted molar refractivity (Wildman–Crippen MR) is 97.2 cm³/mol. The number of carboxylic acids is 1. The first-order valence-electron chi connectivity index (χ1n) is 8.46. The van der Waals surface area contributed by atoms with Crippen molar-refractivity contribution in [3.05, 3.63) is 40.3 Å². The van der Waals surface area contributed by atoms with E-state index in [0.717, 1.165) is 18.7 Å². The molecule has 3 rings (SSSR count). The molecule has 1 amide bonds. The number of nitrogens with zero attached hydrogens (tertiary/aromatic N) is 3. The molecule has 1 aliphatic rings. The number of rotatable bonds is 4. The first-order chi connectivity index (χ1) is 13.1. The zero-order chi connectivity index (χ0) is 20.9. The molecule has 3 heterocycles. The summed E-state index contributed by atoms with van der Waals surface area (Å²) in [5.41, 5.74) is 1.95. The standard InChI is InChI=1S/C15H20N4OS.C2HF3O2/c1-11(2)18-8-13-3-5-17-19(13)14(9-18)7-16-15(20)12-4-6-21-10-12;3-2(4,5)1(6)7/h3-6,10-11,14H,7-9H2,1-2H3,(H,16,20);(H,6,7). The molecule has 1 atom stereocenters. The predicted octanol–water partition coefficient (Wildman–Crippen LogP) is 2.77. The third kappa shape index (κ3) is 5.80. The minimum absolute atomic E-state index is 0.00775. The number of aliphatic carboxylic acids is 1. The number of hydrogen-bond donors (Lipinski definition) is 2. The van der Waals surface area contributed by atoms with E-state index in [2.05, 4.69) is 35.2 Å². The van der Waals surface area contributed by atoms with Crippen LogP contribution in [0, 0.1) is 0 Å². The maximum absolute atomic E-state index is 12.1. The van der Waals surface area contributed by atoms with Crippen LogP contribution in [-0.2, 0) is 11.3 Å². The average Bonchev–Trinajstić information content (AvgIpc) is 3.30. The number of alkyl halides is 3. The van der Waals surface area contributed by atoms with Crippen LogP contribution < -0.4 is 5.32 Å². The molecule has 7 nitrogen and oxygen atoms in total. The summed E-state index contributed by atoms with van der Waals surface area (Å²) in [5, 5.41) is 18.4. The van der Waals surface area contributed by atoms with Crippen LogP contribution >= 0.6 is 11.3 Å². The van der Waals surface area contributed by atoms with E-state index in [0.29, 0.717) is 12.6 Å². The Morgan fingerprint density at radius 1 is 1.39 bits per heavy atom. The number of carboxylic acid groups (broad SMARTS) is 1. The van der Waals surface area contributed by atoms with Crippen molar-refractivity contribution >= 4 is 23.2 Å². The Bertz CT molecular complexity index is 790. The van der Waals surface area contributed by atoms with E-state index in [4.69, 9.17) is 9.90 Å². The lowest BCUT2D eigenvalue weighted by Gasteiger charge is -2.36. The van der Waals surface area contributed by atoms with Gasteiger partial charge < -0.3 is 10.4 Å². The first kappa shape index (κ1) is 21.9. The number of amides is 1. The minimum atomic E-state index is -5.08. The second-order valence-electron chi connectivity index (χ2n) is 6.47. The smallest absolute Gasteiger partial charge is 0.475 e. The quantitative estimate of drug-likeness (QED) is 0.797. The van der Waals surface area contributed by atoms with Crippen molar-refractivity contribution in [2.45, 2.75) is 38.7 Å². The van der Waals surface area contributed by atoms with Crippen LogP contribution in [0.3, 0.4) is 0 Å². The van der Waals surface area contributed by atoms with Gasteiger partial charge in [0.15, 0.2) is 0 Å². The molecular formula is C17H21F3N4O3S. The number of nitrogens with one attached hydrogen (secondary N) is 1. The van der Waals surface area contributed by atoms with Crippen molar-refractivity contribution in [3.63, 3.8) is 0 Å². The van der Waals surface area contributed by atoms with Crippen LogP contribution in [0.4, 0.5) is 13.2 Å². The highest BCUT2D eigenvalue weighted by Gasteiger charge is 2.38. The Morgan fingerprint density at radius 2 is 2.07 bits per heavy atom. The molecule has 154 valence electrons. The van der Waals surface area contributed by atoms with Crippen molar-refractivity contribution in [3.8, 4) is 0 Å². The number of carbonyl (C=O) groups is 2. The Kier molecular flexibility index (Phi) is 7.19. The summed E-state index contributed by atoms with van der Waals surface area (Å²) in [7, 11) is 0. The molecule has 0 radical (unpaired) electrons. The first-order valence-corrected chi connectivity index (χ1v) is 9.40. The van der Waals surface area contributed by atoms with Crippen molar-refractivity contribution in [1.82, 2.24) is 20.0 Å². The van der Waals surface area contributed by atoms with Gasteiger partial charge in [0.1, 0.15) is 0 Å². The molecule has 0 saturated carbocycles. The number of hydrogen-bond acceptors (Lipinski definition) is 5. The van der Waals surface area contributed by atoms with Gasteiger partial charge in [0.25, 0.3) is 5.91 Å². The van der Waals surface area contributed by atoms with Crippen LogP contribution in [0.25, 0.3) is 0 Å². The minimum Gasteiger partial charge on any atom is -0.475 e. The van der Waals surface area contributed by atoms with E-state index in [-0.39, 0.29) is 11.9 Å². The summed E-state index contributed by atoms with van der Waals surface area (Å²) >= 11 is 1.54. The molecular weight excluding hydrogens is 397 g/mol. The van der Waals surface area contributed by atoms with E-state index in [1.54, 1.807) is 0 Å². The lowest BCUT2D eigenvalue weighted by atomic mass is 10.1. The van der Waals surface area contributed by atoms with Crippen LogP contribution in [0.1, 0.15) is 35.9 Å². The lowest BCUT2D eigenvalue weighted by molar-refractivity contribution is -0.192. The van der Waals surface area contributed by atoms with Gasteiger partial charge >= 0.3 is 12.1 Å². The maximum Gasteiger partial charge on any atom is 0.490 e. The van der Waals surface area contributed by atoms with Gasteiger partial charge in [-0.3, -0.25) is 14.4 Å². The van der Waals surface area contributed by atoms with Gasteiger partial charge in [0, 0.05) is 42.8 Å². The molecule has 11 heteroatoms. The van der Waals surface area contributed by atoms with E-state index in [1.807, 2.05) is 27.7 Å². The van der Waals surface area contributed by atoms with Crippen molar-refractivity contribution in [2.75, 3.05) is 13.1 Å². The topological polar surface area (TPSA) is 87.5 Å². The Morgan fingerprint density at radius 3 is 2.61 bits per heavy atom. The zero-order valence-corrected chi connectivity index (χ0v) is 16.1. The van der Waals surface area contributed by atoms with Gasteiger partial charge in [0.2, 0.25) is 0 Å². The summed E-state index contributed by atoms with van der Waals surface area (Å²) in [6.07, 6.45) is -3.24. The second-order valence-corrected chi connectivity index (χ2v) is 7.25. The van der Waals surface area contributed by atoms with Gasteiger partial charge in [0.05, 0.1) is 11.7 Å². The van der Waals surface area contributed by atoms with E-state index in [1.165, 1.54) is 17.0 Å². The molecule has 2 aromatic heterocycles. The summed E-state index contributed by atoms with van der Waals surface area (Å²) in [5.74, 6) is -2.76. The fraction of sp³-hybridized carbons (Fsp3) is 0.471. The maximum atomic E-state index is 12.1. The molecule has 0 saturated heterocycles. The highest BCUT2D eigenvalue weighted by molar-refractivity contribution is 7.08. The lowest BCUT2D eigenvalue weighted by Crippen LogP contribution is -2.45. The second kappa shape index (κ2) is 9.20. The number of halogens is 3. The number of thiophene rings is 1. The average molecular weight is 418 g/mol. The van der Waals surface area contributed by atoms with Gasteiger partial charge in [-0.05, 0) is 31.4 Å². The molecule has 2 aromatic rings. The van der Waals surface area contributed by atoms with Gasteiger partial charge in [-0.15, -0.1) is 0 Å². The van der Waals surface area contributed by atoms with Crippen molar-refractivity contribution in [1.29, 1.82) is 0 Å². The zero-order valence-electron chi connectivity index (χ0n) is 15.3. The highest BCUT2D eigenvalue weighted by atomic mass is 32.1. The third-order valence-corrected chi connectivity index (χ3v) is 4.85. The number of aromatic nitrogens is 2. The normalized spacial score (nSPS) is 16.9. The molecule has 2 N–H and O–H groups in total. The van der Waals surface area contributed by atoms with Crippen LogP contribution in [0.5, 0.6) is 0 Å². The molecule has 0 fully saturated rings. The molecule has 28 heavy (non-hydrogen) atoms. The Hall–Kier alpha value is -2.40. The molecule has 0 aromatic carbocycles. The molecule has 0 bridgehead atoms. The van der Waals surface area contributed by atoms with Crippen LogP contribution in [-0.4, -0.2) is 57.0 Å². The molecule has 0 aliphatic carbocycles. The summed E-state index contributed by atoms with van der Waals surface area (Å²) in [6.45, 7) is 6.84. The van der Waals surface area contributed by atoms with Gasteiger partial charge in [-0.25, -0.2) is 4.79 Å². The summed E-state index contributed by atoms with van der Waals surface area (Å²) in [6, 6.07) is 4.58. The van der Waals surface area contributed by atoms with Crippen LogP contribution in [0.15, 0.2) is 29.1 Å². The van der Waals surface area contributed by atoms with E-state index < -0.39 is 12.1 Å². The Labute approximate surface area is 163 Å². The SMILES string of the molecule is CC(C)N1Cc2ccnn2C(CNC(=O)c2ccsc2)C1.O=C(O)C(F)(F)F. The van der Waals surface area contributed by atoms with Crippen molar-refractivity contribution < 1.29 is 27.9 Å². The van der Waals surface area contributed by atoms with E-state index in [9.17, 15) is 18.0 Å². The number of carbonyl (C=O) groups excluding carboxylic acids is 1. The van der Waals surface area contributed by atoms with Gasteiger partial charge in [-0.1, -0.05) is 0 Å².